The Morgan fingerprint density at radius 3 is 2.16 bits per heavy atom. The van der Waals surface area contributed by atoms with Crippen LogP contribution in [0.25, 0.3) is 0 Å². The minimum absolute atomic E-state index is 0.238. The van der Waals surface area contributed by atoms with Gasteiger partial charge in [0.2, 0.25) is 5.91 Å². The summed E-state index contributed by atoms with van der Waals surface area (Å²) in [5, 5.41) is 0. The average molecular weight is 265 g/mol. The van der Waals surface area contributed by atoms with Crippen LogP contribution in [0.3, 0.4) is 0 Å². The normalized spacial score (nSPS) is 23.4. The van der Waals surface area contributed by atoms with Crippen LogP contribution < -0.4 is 0 Å². The van der Waals surface area contributed by atoms with Gasteiger partial charge < -0.3 is 9.64 Å². The van der Waals surface area contributed by atoms with E-state index in [0.717, 1.165) is 44.7 Å². The lowest BCUT2D eigenvalue weighted by Gasteiger charge is -2.45. The zero-order valence-corrected chi connectivity index (χ0v) is 12.6. The molecule has 3 heteroatoms. The Kier molecular flexibility index (Phi) is 4.05. The van der Waals surface area contributed by atoms with E-state index < -0.39 is 5.41 Å². The van der Waals surface area contributed by atoms with Crippen LogP contribution >= 0.6 is 0 Å². The summed E-state index contributed by atoms with van der Waals surface area (Å²) in [6.07, 6.45) is 4.60. The molecule has 1 amide bonds. The molecule has 2 aliphatic rings. The monoisotopic (exact) mass is 265 g/mol. The van der Waals surface area contributed by atoms with Crippen LogP contribution in [0.5, 0.6) is 0 Å². The van der Waals surface area contributed by atoms with E-state index >= 15 is 0 Å². The molecule has 0 aromatic rings. The van der Waals surface area contributed by atoms with Crippen molar-refractivity contribution in [3.8, 4) is 0 Å². The average Bonchev–Trinajstić information content (AvgIpc) is 2.39. The molecule has 2 heterocycles. The number of hydrogen-bond acceptors (Lipinski definition) is 2. The molecule has 0 atom stereocenters. The third-order valence-corrected chi connectivity index (χ3v) is 5.27. The number of amides is 1. The van der Waals surface area contributed by atoms with Crippen LogP contribution in [0.4, 0.5) is 0 Å². The van der Waals surface area contributed by atoms with Crippen molar-refractivity contribution in [1.82, 2.24) is 4.90 Å². The fourth-order valence-corrected chi connectivity index (χ4v) is 3.07. The van der Waals surface area contributed by atoms with E-state index in [1.807, 2.05) is 25.7 Å². The predicted molar refractivity (Wildman–Crippen MR) is 76.9 cm³/mol. The quantitative estimate of drug-likeness (QED) is 0.718. The van der Waals surface area contributed by atoms with E-state index in [1.54, 1.807) is 0 Å². The Labute approximate surface area is 117 Å². The molecule has 0 unspecified atom stereocenters. The second-order valence-electron chi connectivity index (χ2n) is 6.81. The SMILES string of the molecule is C=C(C)C(C)(C)C(=O)N1CCC2(CCOCC2)CC1. The Hall–Kier alpha value is -0.830. The molecule has 0 aliphatic carbocycles. The van der Waals surface area contributed by atoms with Crippen molar-refractivity contribution in [1.29, 1.82) is 0 Å². The zero-order valence-electron chi connectivity index (χ0n) is 12.6. The van der Waals surface area contributed by atoms with Gasteiger partial charge in [0.05, 0.1) is 5.41 Å². The zero-order chi connectivity index (χ0) is 14.1. The predicted octanol–water partition coefficient (Wildman–Crippen LogP) is 3.01. The molecule has 2 fully saturated rings. The number of rotatable bonds is 2. The van der Waals surface area contributed by atoms with Crippen LogP contribution in [0.15, 0.2) is 12.2 Å². The molecular formula is C16H27NO2. The molecule has 2 saturated heterocycles. The van der Waals surface area contributed by atoms with E-state index in [-0.39, 0.29) is 5.91 Å². The summed E-state index contributed by atoms with van der Waals surface area (Å²) in [6.45, 7) is 13.5. The van der Waals surface area contributed by atoms with Crippen LogP contribution in [0, 0.1) is 10.8 Å². The van der Waals surface area contributed by atoms with Gasteiger partial charge >= 0.3 is 0 Å². The van der Waals surface area contributed by atoms with Crippen LogP contribution in [-0.4, -0.2) is 37.1 Å². The van der Waals surface area contributed by atoms with Crippen molar-refractivity contribution in [2.45, 2.75) is 46.5 Å². The molecule has 2 aliphatic heterocycles. The van der Waals surface area contributed by atoms with Crippen LogP contribution in [-0.2, 0) is 9.53 Å². The van der Waals surface area contributed by atoms with Gasteiger partial charge in [-0.05, 0) is 51.9 Å². The third kappa shape index (κ3) is 2.86. The second-order valence-corrected chi connectivity index (χ2v) is 6.81. The van der Waals surface area contributed by atoms with Crippen LogP contribution in [0.2, 0.25) is 0 Å². The van der Waals surface area contributed by atoms with E-state index in [2.05, 4.69) is 6.58 Å². The first kappa shape index (κ1) is 14.6. The van der Waals surface area contributed by atoms with Crippen LogP contribution in [0.1, 0.15) is 46.5 Å². The van der Waals surface area contributed by atoms with Crippen molar-refractivity contribution in [2.75, 3.05) is 26.3 Å². The van der Waals surface area contributed by atoms with E-state index in [9.17, 15) is 4.79 Å². The molecule has 19 heavy (non-hydrogen) atoms. The Morgan fingerprint density at radius 2 is 1.68 bits per heavy atom. The summed E-state index contributed by atoms with van der Waals surface area (Å²) in [4.78, 5) is 14.6. The van der Waals surface area contributed by atoms with Crippen molar-refractivity contribution < 1.29 is 9.53 Å². The number of carbonyl (C=O) groups is 1. The molecule has 0 N–H and O–H groups in total. The summed E-state index contributed by atoms with van der Waals surface area (Å²) < 4.78 is 5.46. The number of piperidine rings is 1. The van der Waals surface area contributed by atoms with Gasteiger partial charge in [-0.2, -0.15) is 0 Å². The maximum atomic E-state index is 12.6. The molecule has 0 saturated carbocycles. The summed E-state index contributed by atoms with van der Waals surface area (Å²) in [7, 11) is 0. The van der Waals surface area contributed by atoms with Crippen molar-refractivity contribution in [3.05, 3.63) is 12.2 Å². The Morgan fingerprint density at radius 1 is 1.16 bits per heavy atom. The van der Waals surface area contributed by atoms with Gasteiger partial charge in [-0.1, -0.05) is 12.2 Å². The Bertz CT molecular complexity index is 357. The number of nitrogens with zero attached hydrogens (tertiary/aromatic N) is 1. The molecule has 0 radical (unpaired) electrons. The molecule has 0 bridgehead atoms. The van der Waals surface area contributed by atoms with Crippen molar-refractivity contribution >= 4 is 5.91 Å². The number of carbonyl (C=O) groups excluding carboxylic acids is 1. The van der Waals surface area contributed by atoms with E-state index in [0.29, 0.717) is 5.41 Å². The van der Waals surface area contributed by atoms with Gasteiger partial charge in [0.1, 0.15) is 0 Å². The summed E-state index contributed by atoms with van der Waals surface area (Å²) in [5.74, 6) is 0.238. The highest BCUT2D eigenvalue weighted by Crippen LogP contribution is 2.41. The highest BCUT2D eigenvalue weighted by atomic mass is 16.5. The van der Waals surface area contributed by atoms with Gasteiger partial charge in [0, 0.05) is 26.3 Å². The fourth-order valence-electron chi connectivity index (χ4n) is 3.07. The maximum Gasteiger partial charge on any atom is 0.232 e. The topological polar surface area (TPSA) is 29.5 Å². The standard InChI is InChI=1S/C16H27NO2/c1-13(2)15(3,4)14(18)17-9-5-16(6-10-17)7-11-19-12-8-16/h1,5-12H2,2-4H3. The lowest BCUT2D eigenvalue weighted by atomic mass is 9.72. The van der Waals surface area contributed by atoms with Gasteiger partial charge in [0.15, 0.2) is 0 Å². The largest absolute Gasteiger partial charge is 0.381 e. The Balaban J connectivity index is 1.96. The lowest BCUT2D eigenvalue weighted by molar-refractivity contribution is -0.142. The number of hydrogen-bond donors (Lipinski definition) is 0. The minimum atomic E-state index is -0.430. The lowest BCUT2D eigenvalue weighted by Crippen LogP contribution is -2.49. The van der Waals surface area contributed by atoms with Crippen molar-refractivity contribution in [3.63, 3.8) is 0 Å². The van der Waals surface area contributed by atoms with Gasteiger partial charge in [0.25, 0.3) is 0 Å². The van der Waals surface area contributed by atoms with E-state index in [1.165, 1.54) is 12.8 Å². The maximum absolute atomic E-state index is 12.6. The van der Waals surface area contributed by atoms with E-state index in [4.69, 9.17) is 4.74 Å². The van der Waals surface area contributed by atoms with Gasteiger partial charge in [-0.3, -0.25) is 4.79 Å². The van der Waals surface area contributed by atoms with Crippen molar-refractivity contribution in [2.24, 2.45) is 10.8 Å². The number of ether oxygens (including phenoxy) is 1. The first-order valence-corrected chi connectivity index (χ1v) is 7.41. The second kappa shape index (κ2) is 5.28. The van der Waals surface area contributed by atoms with Gasteiger partial charge in [-0.25, -0.2) is 0 Å². The highest BCUT2D eigenvalue weighted by molar-refractivity contribution is 5.84. The molecule has 3 nitrogen and oxygen atoms in total. The third-order valence-electron chi connectivity index (χ3n) is 5.27. The van der Waals surface area contributed by atoms with Gasteiger partial charge in [-0.15, -0.1) is 0 Å². The molecule has 0 aromatic carbocycles. The molecule has 108 valence electrons. The summed E-state index contributed by atoms with van der Waals surface area (Å²) in [5.41, 5.74) is 0.964. The summed E-state index contributed by atoms with van der Waals surface area (Å²) in [6, 6.07) is 0. The molecule has 1 spiro atoms. The first-order valence-electron chi connectivity index (χ1n) is 7.41. The smallest absolute Gasteiger partial charge is 0.232 e. The molecular weight excluding hydrogens is 238 g/mol. The summed E-state index contributed by atoms with van der Waals surface area (Å²) >= 11 is 0. The first-order chi connectivity index (χ1) is 8.87. The molecule has 2 rings (SSSR count). The highest BCUT2D eigenvalue weighted by Gasteiger charge is 2.40. The molecule has 0 aromatic heterocycles. The fraction of sp³-hybridized carbons (Fsp3) is 0.812. The minimum Gasteiger partial charge on any atom is -0.381 e. The number of likely N-dealkylation sites (tertiary alicyclic amines) is 1.